The third kappa shape index (κ3) is 3.20. The Morgan fingerprint density at radius 2 is 1.76 bits per heavy atom. The van der Waals surface area contributed by atoms with E-state index in [9.17, 15) is 9.59 Å². The van der Waals surface area contributed by atoms with Crippen LogP contribution in [0.5, 0.6) is 0 Å². The highest BCUT2D eigenvalue weighted by atomic mass is 16.2. The molecule has 0 bridgehead atoms. The monoisotopic (exact) mass is 334 g/mol. The summed E-state index contributed by atoms with van der Waals surface area (Å²) >= 11 is 0. The van der Waals surface area contributed by atoms with E-state index < -0.39 is 0 Å². The second-order valence-corrected chi connectivity index (χ2v) is 6.33. The molecular weight excluding hydrogens is 312 g/mol. The second-order valence-electron chi connectivity index (χ2n) is 6.33. The Morgan fingerprint density at radius 3 is 2.44 bits per heavy atom. The molecule has 1 aliphatic rings. The smallest absolute Gasteiger partial charge is 0.259 e. The topological polar surface area (TPSA) is 49.4 Å². The van der Waals surface area contributed by atoms with Gasteiger partial charge in [-0.05, 0) is 30.0 Å². The van der Waals surface area contributed by atoms with E-state index in [-0.39, 0.29) is 18.4 Å². The van der Waals surface area contributed by atoms with Gasteiger partial charge in [0.2, 0.25) is 5.91 Å². The van der Waals surface area contributed by atoms with Crippen LogP contribution < -0.4 is 5.32 Å². The first-order valence-corrected chi connectivity index (χ1v) is 8.51. The van der Waals surface area contributed by atoms with Crippen LogP contribution in [-0.2, 0) is 4.79 Å². The molecule has 2 aromatic carbocycles. The van der Waals surface area contributed by atoms with E-state index in [1.54, 1.807) is 6.07 Å². The molecule has 25 heavy (non-hydrogen) atoms. The van der Waals surface area contributed by atoms with E-state index in [1.165, 1.54) is 4.90 Å². The molecule has 1 atom stereocenters. The molecule has 1 aliphatic heterocycles. The van der Waals surface area contributed by atoms with E-state index in [1.807, 2.05) is 42.5 Å². The van der Waals surface area contributed by atoms with Gasteiger partial charge in [0.1, 0.15) is 6.54 Å². The second kappa shape index (κ2) is 6.93. The summed E-state index contributed by atoms with van der Waals surface area (Å²) in [4.78, 5) is 26.5. The van der Waals surface area contributed by atoms with Crippen LogP contribution in [0.15, 0.2) is 55.1 Å². The van der Waals surface area contributed by atoms with Gasteiger partial charge in [-0.3, -0.25) is 14.5 Å². The molecule has 0 saturated heterocycles. The number of carbonyl (C=O) groups is 2. The molecule has 4 heteroatoms. The Kier molecular flexibility index (Phi) is 4.70. The lowest BCUT2D eigenvalue weighted by Crippen LogP contribution is -2.33. The average molecular weight is 334 g/mol. The molecule has 0 aromatic heterocycles. The molecule has 3 rings (SSSR count). The van der Waals surface area contributed by atoms with Gasteiger partial charge in [0.05, 0.1) is 0 Å². The summed E-state index contributed by atoms with van der Waals surface area (Å²) in [6.07, 6.45) is 0.990. The van der Waals surface area contributed by atoms with Crippen molar-refractivity contribution in [3.05, 3.63) is 71.8 Å². The minimum atomic E-state index is -0.224. The first kappa shape index (κ1) is 17.0. The van der Waals surface area contributed by atoms with Gasteiger partial charge in [-0.25, -0.2) is 0 Å². The van der Waals surface area contributed by atoms with Crippen LogP contribution in [0.2, 0.25) is 0 Å². The van der Waals surface area contributed by atoms with Crippen LogP contribution in [0.3, 0.4) is 0 Å². The first-order valence-electron chi connectivity index (χ1n) is 8.51. The predicted octanol–water partition coefficient (Wildman–Crippen LogP) is 4.27. The number of amides is 2. The number of nitrogens with zero attached hydrogens (tertiary/aromatic N) is 1. The standard InChI is InChI=1S/C21H22N2O2/c1-4-14(2)16-9-7-8-12-19(16)22-20(24)13-23-15(3)17-10-5-6-11-18(17)21(23)25/h5-12,14H,3-4,13H2,1-2H3,(H,22,24). The summed E-state index contributed by atoms with van der Waals surface area (Å²) in [5.41, 5.74) is 3.87. The summed E-state index contributed by atoms with van der Waals surface area (Å²) in [5.74, 6) is -0.0480. The van der Waals surface area contributed by atoms with E-state index in [0.29, 0.717) is 17.2 Å². The van der Waals surface area contributed by atoms with Gasteiger partial charge in [0, 0.05) is 22.5 Å². The molecule has 1 N–H and O–H groups in total. The van der Waals surface area contributed by atoms with Crippen LogP contribution in [0, 0.1) is 0 Å². The zero-order chi connectivity index (χ0) is 18.0. The summed E-state index contributed by atoms with van der Waals surface area (Å²) in [6.45, 7) is 8.18. The molecule has 2 amide bonds. The van der Waals surface area contributed by atoms with Crippen LogP contribution in [-0.4, -0.2) is 23.3 Å². The number of carbonyl (C=O) groups excluding carboxylic acids is 2. The first-order chi connectivity index (χ1) is 12.0. The fourth-order valence-electron chi connectivity index (χ4n) is 3.10. The minimum absolute atomic E-state index is 0.0405. The van der Waals surface area contributed by atoms with Crippen molar-refractivity contribution >= 4 is 23.2 Å². The van der Waals surface area contributed by atoms with Crippen molar-refractivity contribution in [2.75, 3.05) is 11.9 Å². The van der Waals surface area contributed by atoms with E-state index in [4.69, 9.17) is 0 Å². The maximum Gasteiger partial charge on any atom is 0.259 e. The average Bonchev–Trinajstić information content (AvgIpc) is 2.87. The van der Waals surface area contributed by atoms with Crippen LogP contribution >= 0.6 is 0 Å². The van der Waals surface area contributed by atoms with Crippen molar-refractivity contribution < 1.29 is 9.59 Å². The molecule has 1 unspecified atom stereocenters. The van der Waals surface area contributed by atoms with Crippen LogP contribution in [0.25, 0.3) is 5.70 Å². The number of fused-ring (bicyclic) bond motifs is 1. The maximum absolute atomic E-state index is 12.5. The predicted molar refractivity (Wildman–Crippen MR) is 100 cm³/mol. The van der Waals surface area contributed by atoms with Gasteiger partial charge in [-0.2, -0.15) is 0 Å². The van der Waals surface area contributed by atoms with Crippen LogP contribution in [0.1, 0.15) is 47.7 Å². The third-order valence-electron chi connectivity index (χ3n) is 4.72. The van der Waals surface area contributed by atoms with Crippen molar-refractivity contribution in [3.8, 4) is 0 Å². The number of hydrogen-bond acceptors (Lipinski definition) is 2. The van der Waals surface area contributed by atoms with Crippen molar-refractivity contribution in [3.63, 3.8) is 0 Å². The Hall–Kier alpha value is -2.88. The fraction of sp³-hybridized carbons (Fsp3) is 0.238. The molecule has 0 fully saturated rings. The lowest BCUT2D eigenvalue weighted by molar-refractivity contribution is -0.116. The summed E-state index contributed by atoms with van der Waals surface area (Å²) < 4.78 is 0. The third-order valence-corrected chi connectivity index (χ3v) is 4.72. The largest absolute Gasteiger partial charge is 0.324 e. The number of rotatable bonds is 5. The molecule has 4 nitrogen and oxygen atoms in total. The highest BCUT2D eigenvalue weighted by Gasteiger charge is 2.31. The molecule has 0 spiro atoms. The van der Waals surface area contributed by atoms with E-state index in [0.717, 1.165) is 23.2 Å². The molecule has 1 heterocycles. The molecule has 0 radical (unpaired) electrons. The minimum Gasteiger partial charge on any atom is -0.324 e. The van der Waals surface area contributed by atoms with Gasteiger partial charge in [-0.1, -0.05) is 56.8 Å². The van der Waals surface area contributed by atoms with Crippen molar-refractivity contribution in [1.29, 1.82) is 0 Å². The highest BCUT2D eigenvalue weighted by molar-refractivity contribution is 6.11. The number of nitrogens with one attached hydrogen (secondary N) is 1. The van der Waals surface area contributed by atoms with Crippen molar-refractivity contribution in [2.24, 2.45) is 0 Å². The Labute approximate surface area is 148 Å². The Balaban J connectivity index is 1.75. The van der Waals surface area contributed by atoms with Gasteiger partial charge in [0.25, 0.3) is 5.91 Å². The van der Waals surface area contributed by atoms with Crippen molar-refractivity contribution in [2.45, 2.75) is 26.2 Å². The summed E-state index contributed by atoms with van der Waals surface area (Å²) in [6, 6.07) is 15.1. The quantitative estimate of drug-likeness (QED) is 0.888. The highest BCUT2D eigenvalue weighted by Crippen LogP contribution is 2.31. The molecule has 0 aliphatic carbocycles. The molecule has 2 aromatic rings. The Morgan fingerprint density at radius 1 is 1.12 bits per heavy atom. The zero-order valence-electron chi connectivity index (χ0n) is 14.6. The molecule has 0 saturated carbocycles. The molecular formula is C21H22N2O2. The Bertz CT molecular complexity index is 806. The number of hydrogen-bond donors (Lipinski definition) is 1. The van der Waals surface area contributed by atoms with Crippen LogP contribution in [0.4, 0.5) is 5.69 Å². The normalized spacial score (nSPS) is 14.4. The van der Waals surface area contributed by atoms with E-state index in [2.05, 4.69) is 25.7 Å². The molecule has 128 valence electrons. The van der Waals surface area contributed by atoms with Gasteiger partial charge in [0.15, 0.2) is 0 Å². The van der Waals surface area contributed by atoms with Gasteiger partial charge in [-0.15, -0.1) is 0 Å². The van der Waals surface area contributed by atoms with E-state index >= 15 is 0 Å². The number of anilines is 1. The van der Waals surface area contributed by atoms with Crippen molar-refractivity contribution in [1.82, 2.24) is 4.90 Å². The lowest BCUT2D eigenvalue weighted by Gasteiger charge is -2.19. The number of para-hydroxylation sites is 1. The summed E-state index contributed by atoms with van der Waals surface area (Å²) in [7, 11) is 0. The maximum atomic E-state index is 12.5. The fourth-order valence-corrected chi connectivity index (χ4v) is 3.10. The zero-order valence-corrected chi connectivity index (χ0v) is 14.6. The van der Waals surface area contributed by atoms with Gasteiger partial charge < -0.3 is 5.32 Å². The lowest BCUT2D eigenvalue weighted by atomic mass is 9.97. The summed E-state index contributed by atoms with van der Waals surface area (Å²) in [5, 5.41) is 2.95. The SMILES string of the molecule is C=C1c2ccccc2C(=O)N1CC(=O)Nc1ccccc1C(C)CC. The number of benzene rings is 2. The van der Waals surface area contributed by atoms with Gasteiger partial charge >= 0.3 is 0 Å².